The average Bonchev–Trinajstić information content (AvgIpc) is 3.16. The number of nitrogens with one attached hydrogen (secondary N) is 1. The maximum absolute atomic E-state index is 13.0. The molecule has 0 aliphatic carbocycles. The monoisotopic (exact) mass is 483 g/mol. The minimum Gasteiger partial charge on any atom is -0.444 e. The first-order chi connectivity index (χ1) is 15.0. The lowest BCUT2D eigenvalue weighted by Gasteiger charge is -2.34. The molecule has 1 aromatic rings. The molecule has 3 amide bonds. The number of anilines is 1. The lowest BCUT2D eigenvalue weighted by atomic mass is 9.93. The maximum atomic E-state index is 13.0. The standard InChI is InChI=1S/C23H31Cl2N3O4/c1-23(2,3)32-22(31)27-9-6-15(7-10-27)11-20(29)28-8-4-5-19(28)21(30)26-18-13-16(24)12-17(25)14-18/h12-15,19H,4-11H2,1-3H3,(H,26,30). The Morgan fingerprint density at radius 2 is 1.66 bits per heavy atom. The van der Waals surface area contributed by atoms with Gasteiger partial charge < -0.3 is 19.9 Å². The largest absolute Gasteiger partial charge is 0.444 e. The van der Waals surface area contributed by atoms with Crippen LogP contribution in [0, 0.1) is 5.92 Å². The van der Waals surface area contributed by atoms with Crippen molar-refractivity contribution in [2.24, 2.45) is 5.92 Å². The molecule has 0 spiro atoms. The molecule has 0 radical (unpaired) electrons. The number of ether oxygens (including phenoxy) is 1. The summed E-state index contributed by atoms with van der Waals surface area (Å²) in [5.41, 5.74) is -0.00706. The Morgan fingerprint density at radius 3 is 2.25 bits per heavy atom. The average molecular weight is 484 g/mol. The van der Waals surface area contributed by atoms with Gasteiger partial charge in [0, 0.05) is 41.8 Å². The van der Waals surface area contributed by atoms with Gasteiger partial charge in [-0.2, -0.15) is 0 Å². The summed E-state index contributed by atoms with van der Waals surface area (Å²) in [7, 11) is 0. The molecule has 1 aromatic carbocycles. The van der Waals surface area contributed by atoms with Gasteiger partial charge in [0.15, 0.2) is 0 Å². The van der Waals surface area contributed by atoms with Crippen molar-refractivity contribution in [2.75, 3.05) is 25.0 Å². The highest BCUT2D eigenvalue weighted by Crippen LogP contribution is 2.27. The van der Waals surface area contributed by atoms with Crippen molar-refractivity contribution in [3.05, 3.63) is 28.2 Å². The third-order valence-corrected chi connectivity index (χ3v) is 6.17. The first-order valence-electron chi connectivity index (χ1n) is 11.1. The van der Waals surface area contributed by atoms with Gasteiger partial charge in [-0.1, -0.05) is 23.2 Å². The molecule has 1 N–H and O–H groups in total. The van der Waals surface area contributed by atoms with Crippen LogP contribution in [-0.4, -0.2) is 59.0 Å². The van der Waals surface area contributed by atoms with Gasteiger partial charge >= 0.3 is 6.09 Å². The number of piperidine rings is 1. The molecule has 0 saturated carbocycles. The number of benzene rings is 1. The molecule has 2 aliphatic heterocycles. The SMILES string of the molecule is CC(C)(C)OC(=O)N1CCC(CC(=O)N2CCCC2C(=O)Nc2cc(Cl)cc(Cl)c2)CC1. The van der Waals surface area contributed by atoms with Crippen LogP contribution in [0.4, 0.5) is 10.5 Å². The van der Waals surface area contributed by atoms with Crippen molar-refractivity contribution in [3.8, 4) is 0 Å². The molecule has 2 aliphatic rings. The van der Waals surface area contributed by atoms with Gasteiger partial charge in [-0.3, -0.25) is 9.59 Å². The number of halogens is 2. The van der Waals surface area contributed by atoms with Gasteiger partial charge in [0.1, 0.15) is 11.6 Å². The minimum absolute atomic E-state index is 0.0116. The fraction of sp³-hybridized carbons (Fsp3) is 0.609. The topological polar surface area (TPSA) is 79.0 Å². The van der Waals surface area contributed by atoms with Crippen molar-refractivity contribution < 1.29 is 19.1 Å². The lowest BCUT2D eigenvalue weighted by molar-refractivity contribution is -0.137. The summed E-state index contributed by atoms with van der Waals surface area (Å²) in [6.45, 7) is 7.27. The van der Waals surface area contributed by atoms with E-state index in [9.17, 15) is 14.4 Å². The Labute approximate surface area is 199 Å². The lowest BCUT2D eigenvalue weighted by Crippen LogP contribution is -2.45. The zero-order valence-corrected chi connectivity index (χ0v) is 20.3. The Hall–Kier alpha value is -1.99. The smallest absolute Gasteiger partial charge is 0.410 e. The van der Waals surface area contributed by atoms with E-state index in [1.807, 2.05) is 20.8 Å². The van der Waals surface area contributed by atoms with Crippen molar-refractivity contribution in [1.82, 2.24) is 9.80 Å². The maximum Gasteiger partial charge on any atom is 0.410 e. The summed E-state index contributed by atoms with van der Waals surface area (Å²) in [5, 5.41) is 3.70. The molecular formula is C23H31Cl2N3O4. The van der Waals surface area contributed by atoms with E-state index in [-0.39, 0.29) is 23.8 Å². The zero-order valence-electron chi connectivity index (χ0n) is 18.8. The molecule has 7 nitrogen and oxygen atoms in total. The number of carbonyl (C=O) groups excluding carboxylic acids is 3. The first kappa shape index (κ1) is 24.6. The number of hydrogen-bond donors (Lipinski definition) is 1. The Balaban J connectivity index is 1.51. The molecule has 1 atom stereocenters. The van der Waals surface area contributed by atoms with Gasteiger partial charge in [0.2, 0.25) is 11.8 Å². The van der Waals surface area contributed by atoms with E-state index in [2.05, 4.69) is 5.32 Å². The molecule has 2 fully saturated rings. The highest BCUT2D eigenvalue weighted by Gasteiger charge is 2.36. The Bertz CT molecular complexity index is 843. The predicted octanol–water partition coefficient (Wildman–Crippen LogP) is 4.96. The second-order valence-corrected chi connectivity index (χ2v) is 10.4. The van der Waals surface area contributed by atoms with Crippen molar-refractivity contribution in [3.63, 3.8) is 0 Å². The Morgan fingerprint density at radius 1 is 1.03 bits per heavy atom. The zero-order chi connectivity index (χ0) is 23.5. The highest BCUT2D eigenvalue weighted by molar-refractivity contribution is 6.35. The molecule has 176 valence electrons. The molecule has 0 bridgehead atoms. The molecule has 9 heteroatoms. The van der Waals surface area contributed by atoms with E-state index in [0.717, 1.165) is 19.3 Å². The summed E-state index contributed by atoms with van der Waals surface area (Å²) in [5.74, 6) is -0.0475. The molecule has 2 heterocycles. The summed E-state index contributed by atoms with van der Waals surface area (Å²) in [6.07, 6.45) is 2.99. The van der Waals surface area contributed by atoms with E-state index >= 15 is 0 Å². The van der Waals surface area contributed by atoms with Crippen LogP contribution < -0.4 is 5.32 Å². The number of nitrogens with zero attached hydrogens (tertiary/aromatic N) is 2. The van der Waals surface area contributed by atoms with Gasteiger partial charge in [0.05, 0.1) is 0 Å². The third-order valence-electron chi connectivity index (χ3n) is 5.74. The summed E-state index contributed by atoms with van der Waals surface area (Å²) >= 11 is 12.0. The molecule has 3 rings (SSSR count). The van der Waals surface area contributed by atoms with Gasteiger partial charge in [-0.25, -0.2) is 4.79 Å². The second-order valence-electron chi connectivity index (χ2n) is 9.51. The molecular weight excluding hydrogens is 453 g/mol. The number of rotatable bonds is 4. The fourth-order valence-corrected chi connectivity index (χ4v) is 4.73. The molecule has 0 aromatic heterocycles. The van der Waals surface area contributed by atoms with Crippen LogP contribution in [0.15, 0.2) is 18.2 Å². The van der Waals surface area contributed by atoms with Gasteiger partial charge in [-0.15, -0.1) is 0 Å². The third kappa shape index (κ3) is 6.75. The summed E-state index contributed by atoms with van der Waals surface area (Å²) in [4.78, 5) is 41.4. The van der Waals surface area contributed by atoms with E-state index in [1.165, 1.54) is 0 Å². The second kappa shape index (κ2) is 10.3. The van der Waals surface area contributed by atoms with Crippen LogP contribution in [0.5, 0.6) is 0 Å². The summed E-state index contributed by atoms with van der Waals surface area (Å²) < 4.78 is 5.43. The van der Waals surface area contributed by atoms with E-state index in [0.29, 0.717) is 48.2 Å². The molecule has 1 unspecified atom stereocenters. The normalized spacial score (nSPS) is 19.7. The van der Waals surface area contributed by atoms with Crippen LogP contribution in [0.1, 0.15) is 52.9 Å². The quantitative estimate of drug-likeness (QED) is 0.655. The minimum atomic E-state index is -0.522. The summed E-state index contributed by atoms with van der Waals surface area (Å²) in [6, 6.07) is 4.36. The van der Waals surface area contributed by atoms with Crippen molar-refractivity contribution in [1.29, 1.82) is 0 Å². The molecule has 2 saturated heterocycles. The Kier molecular flexibility index (Phi) is 7.93. The van der Waals surface area contributed by atoms with Crippen LogP contribution >= 0.6 is 23.2 Å². The molecule has 32 heavy (non-hydrogen) atoms. The van der Waals surface area contributed by atoms with E-state index in [1.54, 1.807) is 28.0 Å². The van der Waals surface area contributed by atoms with Crippen LogP contribution in [0.3, 0.4) is 0 Å². The fourth-order valence-electron chi connectivity index (χ4n) is 4.20. The van der Waals surface area contributed by atoms with Crippen LogP contribution in [0.25, 0.3) is 0 Å². The van der Waals surface area contributed by atoms with Gasteiger partial charge in [-0.05, 0) is 70.6 Å². The van der Waals surface area contributed by atoms with E-state index < -0.39 is 11.6 Å². The van der Waals surface area contributed by atoms with E-state index in [4.69, 9.17) is 27.9 Å². The predicted molar refractivity (Wildman–Crippen MR) is 125 cm³/mol. The van der Waals surface area contributed by atoms with Crippen molar-refractivity contribution in [2.45, 2.75) is 64.5 Å². The van der Waals surface area contributed by atoms with Crippen LogP contribution in [0.2, 0.25) is 10.0 Å². The number of carbonyl (C=O) groups is 3. The first-order valence-corrected chi connectivity index (χ1v) is 11.8. The highest BCUT2D eigenvalue weighted by atomic mass is 35.5. The number of amides is 3. The van der Waals surface area contributed by atoms with Crippen molar-refractivity contribution >= 4 is 46.8 Å². The van der Waals surface area contributed by atoms with Gasteiger partial charge in [0.25, 0.3) is 0 Å². The number of hydrogen-bond acceptors (Lipinski definition) is 4. The van der Waals surface area contributed by atoms with Crippen LogP contribution in [-0.2, 0) is 14.3 Å². The number of likely N-dealkylation sites (tertiary alicyclic amines) is 2.